The van der Waals surface area contributed by atoms with Crippen molar-refractivity contribution in [1.82, 2.24) is 0 Å². The zero-order valence-corrected chi connectivity index (χ0v) is 12.5. The highest BCUT2D eigenvalue weighted by Gasteiger charge is 2.09. The summed E-state index contributed by atoms with van der Waals surface area (Å²) in [5.74, 6) is -1.17. The number of hydrogen-bond acceptors (Lipinski definition) is 3. The summed E-state index contributed by atoms with van der Waals surface area (Å²) < 4.78 is 13.2. The first-order valence-electron chi connectivity index (χ1n) is 7.21. The van der Waals surface area contributed by atoms with Crippen molar-refractivity contribution < 1.29 is 19.7 Å². The van der Waals surface area contributed by atoms with Crippen LogP contribution in [0, 0.1) is 5.82 Å². The zero-order chi connectivity index (χ0) is 15.8. The number of hydrogen-bond donors (Lipinski definition) is 3. The van der Waals surface area contributed by atoms with E-state index in [2.05, 4.69) is 12.7 Å². The maximum atomic E-state index is 13.2. The van der Waals surface area contributed by atoms with Crippen LogP contribution in [0.1, 0.15) is 51.2 Å². The number of phenols is 1. The van der Waals surface area contributed by atoms with Crippen LogP contribution in [0.25, 0.3) is 0 Å². The average molecular weight is 294 g/mol. The van der Waals surface area contributed by atoms with Crippen LogP contribution >= 0.6 is 0 Å². The van der Waals surface area contributed by atoms with Crippen LogP contribution in [0.15, 0.2) is 35.6 Å². The first-order valence-corrected chi connectivity index (χ1v) is 7.21. The molecule has 1 aromatic rings. The van der Waals surface area contributed by atoms with Crippen molar-refractivity contribution in [3.8, 4) is 5.75 Å². The van der Waals surface area contributed by atoms with Crippen LogP contribution in [0.3, 0.4) is 0 Å². The van der Waals surface area contributed by atoms with Gasteiger partial charge in [0.2, 0.25) is 0 Å². The molecule has 0 aliphatic carbocycles. The van der Waals surface area contributed by atoms with Crippen molar-refractivity contribution >= 4 is 0 Å². The fraction of sp³-hybridized carbons (Fsp3) is 0.471. The quantitative estimate of drug-likeness (QED) is 0.673. The van der Waals surface area contributed by atoms with E-state index in [9.17, 15) is 14.6 Å². The van der Waals surface area contributed by atoms with E-state index >= 15 is 0 Å². The van der Waals surface area contributed by atoms with Gasteiger partial charge in [-0.25, -0.2) is 4.39 Å². The van der Waals surface area contributed by atoms with E-state index in [1.165, 1.54) is 12.1 Å². The molecule has 0 unspecified atom stereocenters. The molecule has 3 N–H and O–H groups in total. The predicted octanol–water partition coefficient (Wildman–Crippen LogP) is 3.61. The van der Waals surface area contributed by atoms with Gasteiger partial charge in [-0.05, 0) is 42.7 Å². The van der Waals surface area contributed by atoms with Gasteiger partial charge in [-0.15, -0.1) is 5.73 Å². The minimum atomic E-state index is -0.845. The summed E-state index contributed by atoms with van der Waals surface area (Å²) in [6.45, 7) is 3.78. The Morgan fingerprint density at radius 2 is 2.10 bits per heavy atom. The van der Waals surface area contributed by atoms with Gasteiger partial charge in [0.25, 0.3) is 0 Å². The number of aromatic hydroxyl groups is 1. The molecule has 2 atom stereocenters. The standard InChI is InChI=1S/C17H23FO3/c1-3-5-13(10-12(2)19)6-4-7-16(20)14-8-9-17(21)15(18)11-14/h4,8-9,11-12,16,19-21H,3,5,7,10H2,1-2H3/t6?,12-,16+/m0/s1. The minimum absolute atomic E-state index is 0.303. The number of rotatable bonds is 7. The molecule has 0 bridgehead atoms. The van der Waals surface area contributed by atoms with Gasteiger partial charge in [0, 0.05) is 12.8 Å². The normalized spacial score (nSPS) is 13.4. The Labute approximate surface area is 125 Å². The van der Waals surface area contributed by atoms with Crippen molar-refractivity contribution in [3.63, 3.8) is 0 Å². The van der Waals surface area contributed by atoms with Gasteiger partial charge in [-0.3, -0.25) is 0 Å². The topological polar surface area (TPSA) is 60.7 Å². The van der Waals surface area contributed by atoms with E-state index in [0.29, 0.717) is 18.4 Å². The molecule has 116 valence electrons. The number of halogens is 1. The van der Waals surface area contributed by atoms with Crippen molar-refractivity contribution in [2.24, 2.45) is 0 Å². The lowest BCUT2D eigenvalue weighted by Crippen LogP contribution is -2.00. The summed E-state index contributed by atoms with van der Waals surface area (Å²) in [5, 5.41) is 28.5. The number of aliphatic hydroxyl groups is 2. The molecular weight excluding hydrogens is 271 g/mol. The second kappa shape index (κ2) is 8.63. The average Bonchev–Trinajstić information content (AvgIpc) is 2.41. The Morgan fingerprint density at radius 1 is 1.38 bits per heavy atom. The SMILES string of the molecule is CCCC(=C=CC[C@@H](O)c1ccc(O)c(F)c1)C[C@H](C)O. The third kappa shape index (κ3) is 6.13. The van der Waals surface area contributed by atoms with Gasteiger partial charge in [-0.2, -0.15) is 0 Å². The fourth-order valence-corrected chi connectivity index (χ4v) is 2.07. The maximum Gasteiger partial charge on any atom is 0.165 e. The van der Waals surface area contributed by atoms with E-state index in [-0.39, 0.29) is 0 Å². The summed E-state index contributed by atoms with van der Waals surface area (Å²) in [4.78, 5) is 0. The second-order valence-corrected chi connectivity index (χ2v) is 5.22. The molecule has 0 aliphatic heterocycles. The van der Waals surface area contributed by atoms with Gasteiger partial charge in [0.1, 0.15) is 0 Å². The molecular formula is C17H23FO3. The summed E-state index contributed by atoms with van der Waals surface area (Å²) in [5.41, 5.74) is 4.53. The molecule has 1 aromatic carbocycles. The molecule has 0 aromatic heterocycles. The van der Waals surface area contributed by atoms with E-state index in [0.717, 1.165) is 24.5 Å². The number of benzene rings is 1. The molecule has 0 radical (unpaired) electrons. The van der Waals surface area contributed by atoms with Gasteiger partial charge in [-0.1, -0.05) is 19.4 Å². The molecule has 0 saturated heterocycles. The first-order chi connectivity index (χ1) is 9.93. The first kappa shape index (κ1) is 17.4. The highest BCUT2D eigenvalue weighted by molar-refractivity contribution is 5.29. The Morgan fingerprint density at radius 3 is 2.67 bits per heavy atom. The monoisotopic (exact) mass is 294 g/mol. The molecule has 0 amide bonds. The Kier molecular flexibility index (Phi) is 7.17. The van der Waals surface area contributed by atoms with Gasteiger partial charge < -0.3 is 15.3 Å². The van der Waals surface area contributed by atoms with Gasteiger partial charge in [0.15, 0.2) is 11.6 Å². The summed E-state index contributed by atoms with van der Waals surface area (Å²) in [7, 11) is 0. The number of aliphatic hydroxyl groups excluding tert-OH is 2. The maximum absolute atomic E-state index is 13.2. The van der Waals surface area contributed by atoms with Crippen LogP contribution in [-0.4, -0.2) is 21.4 Å². The Bertz CT molecular complexity index is 517. The molecule has 0 aliphatic rings. The summed E-state index contributed by atoms with van der Waals surface area (Å²) in [6, 6.07) is 3.84. The van der Waals surface area contributed by atoms with Crippen LogP contribution in [0.2, 0.25) is 0 Å². The van der Waals surface area contributed by atoms with Crippen LogP contribution in [0.5, 0.6) is 5.75 Å². The highest BCUT2D eigenvalue weighted by Crippen LogP contribution is 2.23. The summed E-state index contributed by atoms with van der Waals surface area (Å²) in [6.07, 6.45) is 3.14. The van der Waals surface area contributed by atoms with Crippen LogP contribution in [0.4, 0.5) is 4.39 Å². The largest absolute Gasteiger partial charge is 0.505 e. The predicted molar refractivity (Wildman–Crippen MR) is 80.4 cm³/mol. The van der Waals surface area contributed by atoms with Crippen LogP contribution < -0.4 is 0 Å². The fourth-order valence-electron chi connectivity index (χ4n) is 2.07. The third-order valence-corrected chi connectivity index (χ3v) is 3.10. The molecule has 0 spiro atoms. The van der Waals surface area contributed by atoms with Gasteiger partial charge >= 0.3 is 0 Å². The third-order valence-electron chi connectivity index (χ3n) is 3.10. The molecule has 21 heavy (non-hydrogen) atoms. The molecule has 1 rings (SSSR count). The van der Waals surface area contributed by atoms with E-state index in [4.69, 9.17) is 5.11 Å². The highest BCUT2D eigenvalue weighted by atomic mass is 19.1. The molecule has 0 heterocycles. The van der Waals surface area contributed by atoms with Crippen molar-refractivity contribution in [2.75, 3.05) is 0 Å². The lowest BCUT2D eigenvalue weighted by atomic mass is 10.0. The Balaban J connectivity index is 2.74. The smallest absolute Gasteiger partial charge is 0.165 e. The molecule has 0 fully saturated rings. The summed E-state index contributed by atoms with van der Waals surface area (Å²) >= 11 is 0. The lowest BCUT2D eigenvalue weighted by molar-refractivity contribution is 0.181. The van der Waals surface area contributed by atoms with E-state index < -0.39 is 23.8 Å². The van der Waals surface area contributed by atoms with E-state index in [1.54, 1.807) is 13.0 Å². The molecule has 3 nitrogen and oxygen atoms in total. The Hall–Kier alpha value is -1.61. The lowest BCUT2D eigenvalue weighted by Gasteiger charge is -2.09. The molecule has 4 heteroatoms. The van der Waals surface area contributed by atoms with Crippen molar-refractivity contribution in [1.29, 1.82) is 0 Å². The second-order valence-electron chi connectivity index (χ2n) is 5.22. The minimum Gasteiger partial charge on any atom is -0.505 e. The number of phenolic OH excluding ortho intramolecular Hbond substituents is 1. The van der Waals surface area contributed by atoms with Gasteiger partial charge in [0.05, 0.1) is 12.2 Å². The van der Waals surface area contributed by atoms with E-state index in [1.807, 2.05) is 0 Å². The zero-order valence-electron chi connectivity index (χ0n) is 12.5. The van der Waals surface area contributed by atoms with Crippen molar-refractivity contribution in [2.45, 2.75) is 51.7 Å². The van der Waals surface area contributed by atoms with Crippen molar-refractivity contribution in [3.05, 3.63) is 47.0 Å². The molecule has 0 saturated carbocycles. The van der Waals surface area contributed by atoms with Crippen LogP contribution in [-0.2, 0) is 0 Å².